The minimum Gasteiger partial charge on any atom is -1.00 e. The van der Waals surface area contributed by atoms with Gasteiger partial charge in [-0.1, -0.05) is 24.3 Å². The van der Waals surface area contributed by atoms with Crippen LogP contribution in [0.4, 0.5) is 0 Å². The molecule has 0 bridgehead atoms. The van der Waals surface area contributed by atoms with Gasteiger partial charge in [-0.25, -0.2) is 9.13 Å². The Kier molecular flexibility index (Phi) is 14.0. The van der Waals surface area contributed by atoms with Crippen LogP contribution in [0.2, 0.25) is 0 Å². The Labute approximate surface area is 228 Å². The molecule has 4 rings (SSSR count). The fourth-order valence-electron chi connectivity index (χ4n) is 5.18. The van der Waals surface area contributed by atoms with Gasteiger partial charge in [0, 0.05) is 36.1 Å². The van der Waals surface area contributed by atoms with Crippen molar-refractivity contribution in [2.45, 2.75) is 103 Å². The van der Waals surface area contributed by atoms with Crippen LogP contribution in [0, 0.1) is 0 Å². The summed E-state index contributed by atoms with van der Waals surface area (Å²) in [5.41, 5.74) is 6.34. The smallest absolute Gasteiger partial charge is 0.172 e. The third-order valence-electron chi connectivity index (χ3n) is 7.14. The Balaban J connectivity index is 0.00000204. The number of nitrogens with zero attached hydrogens (tertiary/aromatic N) is 2. The normalized spacial score (nSPS) is 14.9. The molecule has 2 aromatic heterocycles. The highest BCUT2D eigenvalue weighted by Crippen LogP contribution is 2.19. The number of fused-ring (bicyclic) bond motifs is 2. The standard InChI is InChI=1S/C30H42N2.2BrH/c1(3-5-7-13-21-31-23-19-27-15-9-11-17-29(27)25-31)2-4-6-8-14-22-32-24-20-28-16-10-12-18-30(28)26-32;;/h1-4,19-20,23-26H,5-18,21-22H2;2*1H/q+2;;/p-2/b3-1-,4-2-;;. The van der Waals surface area contributed by atoms with Crippen molar-refractivity contribution in [1.82, 2.24) is 0 Å². The summed E-state index contributed by atoms with van der Waals surface area (Å²) in [6, 6.07) is 4.70. The van der Waals surface area contributed by atoms with Crippen molar-refractivity contribution < 1.29 is 43.1 Å². The van der Waals surface area contributed by atoms with E-state index in [1.54, 1.807) is 22.3 Å². The summed E-state index contributed by atoms with van der Waals surface area (Å²) in [5, 5.41) is 0. The monoisotopic (exact) mass is 588 g/mol. The van der Waals surface area contributed by atoms with Crippen LogP contribution in [0.3, 0.4) is 0 Å². The highest BCUT2D eigenvalue weighted by molar-refractivity contribution is 5.24. The summed E-state index contributed by atoms with van der Waals surface area (Å²) < 4.78 is 4.80. The zero-order valence-corrected chi connectivity index (χ0v) is 23.9. The van der Waals surface area contributed by atoms with Crippen molar-refractivity contribution in [3.63, 3.8) is 0 Å². The minimum absolute atomic E-state index is 0. The zero-order valence-electron chi connectivity index (χ0n) is 20.7. The van der Waals surface area contributed by atoms with E-state index in [9.17, 15) is 0 Å². The highest BCUT2D eigenvalue weighted by Gasteiger charge is 2.14. The molecule has 4 heteroatoms. The van der Waals surface area contributed by atoms with Gasteiger partial charge in [0.05, 0.1) is 0 Å². The van der Waals surface area contributed by atoms with Crippen molar-refractivity contribution >= 4 is 0 Å². The number of hydrogen-bond donors (Lipinski definition) is 0. The molecule has 2 aliphatic carbocycles. The topological polar surface area (TPSA) is 7.76 Å². The van der Waals surface area contributed by atoms with Crippen LogP contribution in [-0.4, -0.2) is 0 Å². The van der Waals surface area contributed by atoms with Crippen LogP contribution in [0.25, 0.3) is 0 Å². The van der Waals surface area contributed by atoms with Crippen LogP contribution in [0.5, 0.6) is 0 Å². The van der Waals surface area contributed by atoms with E-state index in [1.807, 2.05) is 0 Å². The van der Waals surface area contributed by atoms with E-state index < -0.39 is 0 Å². The average molecular weight is 590 g/mol. The molecule has 2 nitrogen and oxygen atoms in total. The first-order chi connectivity index (χ1) is 15.9. The molecule has 0 N–H and O–H groups in total. The molecule has 2 aliphatic rings. The summed E-state index contributed by atoms with van der Waals surface area (Å²) >= 11 is 0. The molecule has 0 spiro atoms. The lowest BCUT2D eigenvalue weighted by atomic mass is 9.93. The van der Waals surface area contributed by atoms with Gasteiger partial charge in [-0.15, -0.1) is 0 Å². The SMILES string of the molecule is C(/C=C\CCCC[n+]1ccc2c(c1)CCCC2)=C/CCCC[n+]1ccc2c(c1)CCCC2.[Br-].[Br-]. The number of allylic oxidation sites excluding steroid dienone is 4. The van der Waals surface area contributed by atoms with Crippen molar-refractivity contribution in [3.05, 3.63) is 83.5 Å². The number of aryl methyl sites for hydroxylation is 6. The molecule has 186 valence electrons. The van der Waals surface area contributed by atoms with E-state index in [4.69, 9.17) is 0 Å². The molecule has 0 radical (unpaired) electrons. The number of rotatable bonds is 11. The van der Waals surface area contributed by atoms with Crippen LogP contribution in [0.1, 0.15) is 86.5 Å². The van der Waals surface area contributed by atoms with Gasteiger partial charge in [-0.05, 0) is 88.2 Å². The van der Waals surface area contributed by atoms with Gasteiger partial charge in [0.2, 0.25) is 0 Å². The first-order valence-electron chi connectivity index (χ1n) is 13.2. The minimum atomic E-state index is 0. The zero-order chi connectivity index (χ0) is 21.8. The number of pyridine rings is 2. The van der Waals surface area contributed by atoms with Gasteiger partial charge in [-0.2, -0.15) is 0 Å². The third-order valence-corrected chi connectivity index (χ3v) is 7.14. The molecular weight excluding hydrogens is 548 g/mol. The molecule has 0 unspecified atom stereocenters. The summed E-state index contributed by atoms with van der Waals surface area (Å²) in [7, 11) is 0. The van der Waals surface area contributed by atoms with E-state index in [0.717, 1.165) is 13.1 Å². The summed E-state index contributed by atoms with van der Waals surface area (Å²) in [6.45, 7) is 2.30. The lowest BCUT2D eigenvalue weighted by Crippen LogP contribution is -3.00. The van der Waals surface area contributed by atoms with Crippen molar-refractivity contribution in [3.8, 4) is 0 Å². The molecule has 0 amide bonds. The number of unbranched alkanes of at least 4 members (excludes halogenated alkanes) is 4. The molecule has 2 aromatic rings. The Bertz CT molecular complexity index is 845. The lowest BCUT2D eigenvalue weighted by molar-refractivity contribution is -0.698. The van der Waals surface area contributed by atoms with Gasteiger partial charge in [0.15, 0.2) is 24.8 Å². The van der Waals surface area contributed by atoms with Gasteiger partial charge in [0.1, 0.15) is 13.1 Å². The fraction of sp³-hybridized carbons (Fsp3) is 0.533. The molecular formula is C30H42Br2N2. The van der Waals surface area contributed by atoms with Crippen molar-refractivity contribution in [1.29, 1.82) is 0 Å². The maximum absolute atomic E-state index is 2.40. The summed E-state index contributed by atoms with van der Waals surface area (Å²) in [5.74, 6) is 0. The van der Waals surface area contributed by atoms with E-state index >= 15 is 0 Å². The van der Waals surface area contributed by atoms with E-state index in [2.05, 4.69) is 70.4 Å². The van der Waals surface area contributed by atoms with E-state index in [0.29, 0.717) is 0 Å². The summed E-state index contributed by atoms with van der Waals surface area (Å²) in [6.07, 6.45) is 36.5. The molecule has 0 saturated heterocycles. The molecule has 0 saturated carbocycles. The van der Waals surface area contributed by atoms with Gasteiger partial charge in [-0.3, -0.25) is 0 Å². The lowest BCUT2D eigenvalue weighted by Gasteiger charge is -2.13. The van der Waals surface area contributed by atoms with Crippen LogP contribution < -0.4 is 43.1 Å². The number of aromatic nitrogens is 2. The second-order valence-electron chi connectivity index (χ2n) is 9.73. The van der Waals surface area contributed by atoms with Gasteiger partial charge in [0.25, 0.3) is 0 Å². The maximum atomic E-state index is 2.40. The molecule has 0 atom stereocenters. The number of hydrogen-bond acceptors (Lipinski definition) is 0. The van der Waals surface area contributed by atoms with Crippen LogP contribution in [-0.2, 0) is 38.8 Å². The first kappa shape index (κ1) is 29.0. The Morgan fingerprint density at radius 3 is 1.41 bits per heavy atom. The van der Waals surface area contributed by atoms with E-state index in [-0.39, 0.29) is 34.0 Å². The Hall–Kier alpha value is -1.26. The predicted octanol–water partition coefficient (Wildman–Crippen LogP) is 0.180. The quantitative estimate of drug-likeness (QED) is 0.201. The van der Waals surface area contributed by atoms with Gasteiger partial charge < -0.3 is 34.0 Å². The Morgan fingerprint density at radius 1 is 0.559 bits per heavy atom. The molecule has 0 aliphatic heterocycles. The van der Waals surface area contributed by atoms with Crippen LogP contribution in [0.15, 0.2) is 61.2 Å². The Morgan fingerprint density at radius 2 is 0.971 bits per heavy atom. The second kappa shape index (κ2) is 16.4. The van der Waals surface area contributed by atoms with E-state index in [1.165, 1.54) is 89.9 Å². The average Bonchev–Trinajstić information content (AvgIpc) is 2.84. The largest absolute Gasteiger partial charge is 1.00 e. The fourth-order valence-corrected chi connectivity index (χ4v) is 5.18. The van der Waals surface area contributed by atoms with Crippen LogP contribution >= 0.6 is 0 Å². The summed E-state index contributed by atoms with van der Waals surface area (Å²) in [4.78, 5) is 0. The highest BCUT2D eigenvalue weighted by atomic mass is 79.9. The van der Waals surface area contributed by atoms with Crippen molar-refractivity contribution in [2.24, 2.45) is 0 Å². The van der Waals surface area contributed by atoms with Gasteiger partial charge >= 0.3 is 0 Å². The first-order valence-corrected chi connectivity index (χ1v) is 13.2. The third kappa shape index (κ3) is 9.41. The molecule has 0 aromatic carbocycles. The number of halogens is 2. The molecule has 0 fully saturated rings. The molecule has 2 heterocycles. The second-order valence-corrected chi connectivity index (χ2v) is 9.73. The maximum Gasteiger partial charge on any atom is 0.172 e. The predicted molar refractivity (Wildman–Crippen MR) is 133 cm³/mol. The van der Waals surface area contributed by atoms with Crippen molar-refractivity contribution in [2.75, 3.05) is 0 Å². The molecule has 34 heavy (non-hydrogen) atoms.